The lowest BCUT2D eigenvalue weighted by Crippen LogP contribution is -2.53. The number of amides is 1. The summed E-state index contributed by atoms with van der Waals surface area (Å²) in [5, 5.41) is 13.9. The van der Waals surface area contributed by atoms with Crippen LogP contribution in [0.15, 0.2) is 30.3 Å². The second-order valence-electron chi connectivity index (χ2n) is 9.22. The number of hydrogen-bond donors (Lipinski definition) is 2. The molecule has 0 bridgehead atoms. The molecule has 2 rings (SSSR count). The Bertz CT molecular complexity index is 681. The normalized spacial score (nSPS) is 18.0. The molecule has 7 heteroatoms. The van der Waals surface area contributed by atoms with Gasteiger partial charge in [-0.15, -0.1) is 0 Å². The minimum absolute atomic E-state index is 0.139. The van der Waals surface area contributed by atoms with E-state index < -0.39 is 35.9 Å². The van der Waals surface area contributed by atoms with Crippen LogP contribution < -0.4 is 5.32 Å². The van der Waals surface area contributed by atoms with Gasteiger partial charge in [-0.3, -0.25) is 0 Å². The lowest BCUT2D eigenvalue weighted by molar-refractivity contribution is -0.165. The molecule has 0 saturated heterocycles. The van der Waals surface area contributed by atoms with Gasteiger partial charge >= 0.3 is 12.1 Å². The molecule has 1 amide bonds. The summed E-state index contributed by atoms with van der Waals surface area (Å²) in [6.45, 7) is 5.47. The van der Waals surface area contributed by atoms with E-state index in [0.717, 1.165) is 31.2 Å². The van der Waals surface area contributed by atoms with E-state index in [1.165, 1.54) is 13.5 Å². The Hall–Kier alpha value is -2.12. The number of hydrogen-bond acceptors (Lipinski definition) is 6. The van der Waals surface area contributed by atoms with Gasteiger partial charge in [-0.2, -0.15) is 0 Å². The average Bonchev–Trinajstić information content (AvgIpc) is 2.73. The van der Waals surface area contributed by atoms with Gasteiger partial charge in [0.25, 0.3) is 0 Å². The van der Waals surface area contributed by atoms with Gasteiger partial charge in [-0.05, 0) is 38.7 Å². The van der Waals surface area contributed by atoms with Crippen molar-refractivity contribution in [2.24, 2.45) is 5.92 Å². The summed E-state index contributed by atoms with van der Waals surface area (Å²) >= 11 is 0. The Morgan fingerprint density at radius 2 is 1.77 bits per heavy atom. The minimum atomic E-state index is -1.27. The number of ether oxygens (including phenoxy) is 3. The SMILES string of the molecule is COC(=O)C(OCc1ccccc1)C(O)C(CC1CCCCC1)NC(=O)OC(C)(C)C. The van der Waals surface area contributed by atoms with Crippen molar-refractivity contribution in [3.63, 3.8) is 0 Å². The number of rotatable bonds is 9. The zero-order valence-corrected chi connectivity index (χ0v) is 19.1. The first-order valence-corrected chi connectivity index (χ1v) is 11.1. The summed E-state index contributed by atoms with van der Waals surface area (Å²) in [4.78, 5) is 24.9. The number of esters is 1. The number of alkyl carbamates (subject to hydrolysis) is 1. The molecule has 1 aliphatic rings. The summed E-state index contributed by atoms with van der Waals surface area (Å²) in [6.07, 6.45) is 2.95. The Morgan fingerprint density at radius 3 is 2.35 bits per heavy atom. The first kappa shape index (κ1) is 25.1. The van der Waals surface area contributed by atoms with Gasteiger partial charge < -0.3 is 24.6 Å². The summed E-state index contributed by atoms with van der Waals surface area (Å²) in [6, 6.07) is 8.69. The molecule has 31 heavy (non-hydrogen) atoms. The van der Waals surface area contributed by atoms with Gasteiger partial charge in [-0.1, -0.05) is 62.4 Å². The van der Waals surface area contributed by atoms with E-state index in [1.54, 1.807) is 20.8 Å². The lowest BCUT2D eigenvalue weighted by Gasteiger charge is -2.33. The summed E-state index contributed by atoms with van der Waals surface area (Å²) in [5.74, 6) is -0.321. The van der Waals surface area contributed by atoms with E-state index in [0.29, 0.717) is 12.3 Å². The molecule has 3 unspecified atom stereocenters. The van der Waals surface area contributed by atoms with Crippen LogP contribution in [0.3, 0.4) is 0 Å². The monoisotopic (exact) mass is 435 g/mol. The molecule has 1 aromatic rings. The fourth-order valence-corrected chi connectivity index (χ4v) is 3.92. The average molecular weight is 436 g/mol. The van der Waals surface area contributed by atoms with E-state index in [9.17, 15) is 14.7 Å². The third-order valence-electron chi connectivity index (χ3n) is 5.44. The molecule has 1 fully saturated rings. The molecule has 0 heterocycles. The van der Waals surface area contributed by atoms with Crippen LogP contribution in [0.25, 0.3) is 0 Å². The number of aliphatic hydroxyl groups is 1. The van der Waals surface area contributed by atoms with Crippen molar-refractivity contribution < 1.29 is 28.9 Å². The van der Waals surface area contributed by atoms with Gasteiger partial charge in [0.05, 0.1) is 19.8 Å². The van der Waals surface area contributed by atoms with Gasteiger partial charge in [-0.25, -0.2) is 9.59 Å². The molecular weight excluding hydrogens is 398 g/mol. The highest BCUT2D eigenvalue weighted by molar-refractivity contribution is 5.76. The highest BCUT2D eigenvalue weighted by atomic mass is 16.6. The quantitative estimate of drug-likeness (QED) is 0.570. The molecule has 174 valence electrons. The highest BCUT2D eigenvalue weighted by Gasteiger charge is 2.37. The van der Waals surface area contributed by atoms with E-state index in [2.05, 4.69) is 5.32 Å². The molecule has 0 spiro atoms. The van der Waals surface area contributed by atoms with Crippen LogP contribution in [-0.4, -0.2) is 48.1 Å². The fraction of sp³-hybridized carbons (Fsp3) is 0.667. The first-order chi connectivity index (χ1) is 14.7. The fourth-order valence-electron chi connectivity index (χ4n) is 3.92. The minimum Gasteiger partial charge on any atom is -0.467 e. The maximum absolute atomic E-state index is 12.5. The summed E-state index contributed by atoms with van der Waals surface area (Å²) in [7, 11) is 1.26. The number of carbonyl (C=O) groups is 2. The molecule has 0 aromatic heterocycles. The van der Waals surface area contributed by atoms with Crippen molar-refractivity contribution in [2.75, 3.05) is 7.11 Å². The Labute approximate surface area is 185 Å². The van der Waals surface area contributed by atoms with E-state index >= 15 is 0 Å². The second kappa shape index (κ2) is 12.1. The van der Waals surface area contributed by atoms with Gasteiger partial charge in [0, 0.05) is 0 Å². The smallest absolute Gasteiger partial charge is 0.407 e. The topological polar surface area (TPSA) is 94.1 Å². The summed E-state index contributed by atoms with van der Waals surface area (Å²) < 4.78 is 16.0. The van der Waals surface area contributed by atoms with Crippen LogP contribution in [0.4, 0.5) is 4.79 Å². The van der Waals surface area contributed by atoms with Crippen LogP contribution in [0.1, 0.15) is 64.9 Å². The Morgan fingerprint density at radius 1 is 1.13 bits per heavy atom. The van der Waals surface area contributed by atoms with Crippen molar-refractivity contribution in [2.45, 2.75) is 89.8 Å². The number of carbonyl (C=O) groups excluding carboxylic acids is 2. The van der Waals surface area contributed by atoms with Crippen LogP contribution >= 0.6 is 0 Å². The van der Waals surface area contributed by atoms with Crippen molar-refractivity contribution in [1.82, 2.24) is 5.32 Å². The van der Waals surface area contributed by atoms with E-state index in [4.69, 9.17) is 14.2 Å². The largest absolute Gasteiger partial charge is 0.467 e. The maximum Gasteiger partial charge on any atom is 0.407 e. The second-order valence-corrected chi connectivity index (χ2v) is 9.22. The third-order valence-corrected chi connectivity index (χ3v) is 5.44. The Balaban J connectivity index is 2.14. The van der Waals surface area contributed by atoms with Gasteiger partial charge in [0.2, 0.25) is 0 Å². The number of benzene rings is 1. The van der Waals surface area contributed by atoms with Crippen molar-refractivity contribution in [3.05, 3.63) is 35.9 Å². The van der Waals surface area contributed by atoms with E-state index in [-0.39, 0.29) is 6.61 Å². The van der Waals surface area contributed by atoms with Gasteiger partial charge in [0.15, 0.2) is 6.10 Å². The molecular formula is C24H37NO6. The molecule has 0 radical (unpaired) electrons. The molecule has 1 saturated carbocycles. The van der Waals surface area contributed by atoms with Crippen molar-refractivity contribution in [1.29, 1.82) is 0 Å². The zero-order chi connectivity index (χ0) is 22.9. The highest BCUT2D eigenvalue weighted by Crippen LogP contribution is 2.29. The van der Waals surface area contributed by atoms with Crippen molar-refractivity contribution >= 4 is 12.1 Å². The Kier molecular flexibility index (Phi) is 9.78. The molecule has 1 aromatic carbocycles. The number of methoxy groups -OCH3 is 1. The number of aliphatic hydroxyl groups excluding tert-OH is 1. The predicted octanol–water partition coefficient (Wildman–Crippen LogP) is 3.97. The molecule has 2 N–H and O–H groups in total. The predicted molar refractivity (Wildman–Crippen MR) is 117 cm³/mol. The molecule has 3 atom stereocenters. The molecule has 1 aliphatic carbocycles. The third kappa shape index (κ3) is 8.87. The first-order valence-electron chi connectivity index (χ1n) is 11.1. The molecule has 7 nitrogen and oxygen atoms in total. The van der Waals surface area contributed by atoms with Crippen molar-refractivity contribution in [3.8, 4) is 0 Å². The van der Waals surface area contributed by atoms with Gasteiger partial charge in [0.1, 0.15) is 11.7 Å². The number of nitrogens with one attached hydrogen (secondary N) is 1. The van der Waals surface area contributed by atoms with Crippen LogP contribution in [-0.2, 0) is 25.6 Å². The molecule has 0 aliphatic heterocycles. The lowest BCUT2D eigenvalue weighted by atomic mass is 9.83. The summed E-state index contributed by atoms with van der Waals surface area (Å²) in [5.41, 5.74) is 0.197. The van der Waals surface area contributed by atoms with Crippen LogP contribution in [0, 0.1) is 5.92 Å². The zero-order valence-electron chi connectivity index (χ0n) is 19.1. The standard InChI is InChI=1S/C24H37NO6/c1-24(2,3)31-23(28)25-19(15-17-11-7-5-8-12-17)20(26)21(22(27)29-4)30-16-18-13-9-6-10-14-18/h6,9-10,13-14,17,19-21,26H,5,7-8,11-12,15-16H2,1-4H3,(H,25,28). The van der Waals surface area contributed by atoms with Crippen LogP contribution in [0.2, 0.25) is 0 Å². The van der Waals surface area contributed by atoms with E-state index in [1.807, 2.05) is 30.3 Å². The maximum atomic E-state index is 12.5. The van der Waals surface area contributed by atoms with Crippen LogP contribution in [0.5, 0.6) is 0 Å².